The molecule has 7 heteroatoms. The molecule has 1 N–H and O–H groups in total. The summed E-state index contributed by atoms with van der Waals surface area (Å²) in [6.45, 7) is 6.44. The second-order valence-electron chi connectivity index (χ2n) is 7.68. The van der Waals surface area contributed by atoms with Crippen molar-refractivity contribution in [2.24, 2.45) is 0 Å². The summed E-state index contributed by atoms with van der Waals surface area (Å²) < 4.78 is 33.1. The van der Waals surface area contributed by atoms with E-state index in [1.54, 1.807) is 48.5 Å². The van der Waals surface area contributed by atoms with E-state index in [9.17, 15) is 13.2 Å². The van der Waals surface area contributed by atoms with Gasteiger partial charge in [0.1, 0.15) is 12.4 Å². The van der Waals surface area contributed by atoms with E-state index in [1.165, 1.54) is 7.05 Å². The van der Waals surface area contributed by atoms with E-state index in [1.807, 2.05) is 39.0 Å². The molecule has 0 fully saturated rings. The fraction of sp³-hybridized carbons (Fsp3) is 0.240. The van der Waals surface area contributed by atoms with E-state index < -0.39 is 10.0 Å². The van der Waals surface area contributed by atoms with E-state index in [0.29, 0.717) is 12.3 Å². The van der Waals surface area contributed by atoms with Gasteiger partial charge in [0, 0.05) is 7.05 Å². The van der Waals surface area contributed by atoms with Gasteiger partial charge in [-0.25, -0.2) is 8.42 Å². The average molecular weight is 453 g/mol. The number of nitrogens with zero attached hydrogens (tertiary/aromatic N) is 1. The van der Waals surface area contributed by atoms with E-state index in [4.69, 9.17) is 4.74 Å². The summed E-state index contributed by atoms with van der Waals surface area (Å²) in [5.74, 6) is 0.416. The minimum absolute atomic E-state index is 0.169. The normalized spacial score (nSPS) is 11.1. The molecule has 0 atom stereocenters. The SMILES string of the molecule is Cc1ccc(S(=O)(=O)N(C)c2ccccc2C(=O)NCCOc2cc(C)ccc2C)cc1. The Balaban J connectivity index is 1.70. The maximum atomic E-state index is 13.1. The maximum Gasteiger partial charge on any atom is 0.264 e. The molecular weight excluding hydrogens is 424 g/mol. The zero-order chi connectivity index (χ0) is 23.3. The van der Waals surface area contributed by atoms with Gasteiger partial charge in [0.15, 0.2) is 0 Å². The highest BCUT2D eigenvalue weighted by molar-refractivity contribution is 7.92. The van der Waals surface area contributed by atoms with Crippen molar-refractivity contribution in [1.29, 1.82) is 0 Å². The summed E-state index contributed by atoms with van der Waals surface area (Å²) >= 11 is 0. The third kappa shape index (κ3) is 5.29. The molecule has 6 nitrogen and oxygen atoms in total. The zero-order valence-electron chi connectivity index (χ0n) is 18.8. The summed E-state index contributed by atoms with van der Waals surface area (Å²) in [4.78, 5) is 13.0. The van der Waals surface area contributed by atoms with Crippen LogP contribution in [0.15, 0.2) is 71.6 Å². The standard InChI is InChI=1S/C25H28N2O4S/c1-18-10-13-21(14-11-18)32(29,30)27(4)23-8-6-5-7-22(23)25(28)26-15-16-31-24-17-19(2)9-12-20(24)3/h5-14,17H,15-16H2,1-4H3,(H,26,28). The van der Waals surface area contributed by atoms with Crippen LogP contribution in [-0.2, 0) is 10.0 Å². The van der Waals surface area contributed by atoms with E-state index in [2.05, 4.69) is 5.32 Å². The third-order valence-corrected chi connectivity index (χ3v) is 6.94. The van der Waals surface area contributed by atoms with Crippen LogP contribution in [0.2, 0.25) is 0 Å². The number of hydrogen-bond donors (Lipinski definition) is 1. The Morgan fingerprint density at radius 3 is 2.31 bits per heavy atom. The molecule has 0 aliphatic heterocycles. The first kappa shape index (κ1) is 23.3. The smallest absolute Gasteiger partial charge is 0.264 e. The van der Waals surface area contributed by atoms with Gasteiger partial charge >= 0.3 is 0 Å². The predicted octanol–water partition coefficient (Wildman–Crippen LogP) is 4.25. The number of sulfonamides is 1. The summed E-state index contributed by atoms with van der Waals surface area (Å²) in [6, 6.07) is 19.2. The number of aryl methyl sites for hydroxylation is 3. The van der Waals surface area contributed by atoms with Gasteiger partial charge in [-0.3, -0.25) is 9.10 Å². The third-order valence-electron chi connectivity index (χ3n) is 5.16. The van der Waals surface area contributed by atoms with Gasteiger partial charge in [0.25, 0.3) is 15.9 Å². The Bertz CT molecular complexity index is 1200. The lowest BCUT2D eigenvalue weighted by Crippen LogP contribution is -2.32. The van der Waals surface area contributed by atoms with Crippen LogP contribution in [0.4, 0.5) is 5.69 Å². The lowest BCUT2D eigenvalue weighted by atomic mass is 10.1. The number of carbonyl (C=O) groups excluding carboxylic acids is 1. The minimum Gasteiger partial charge on any atom is -0.491 e. The van der Waals surface area contributed by atoms with Crippen LogP contribution in [0.1, 0.15) is 27.0 Å². The molecule has 0 radical (unpaired) electrons. The Morgan fingerprint density at radius 1 is 0.938 bits per heavy atom. The number of rotatable bonds is 8. The molecule has 0 bridgehead atoms. The topological polar surface area (TPSA) is 75.7 Å². The van der Waals surface area contributed by atoms with E-state index in [0.717, 1.165) is 26.7 Å². The molecule has 3 aromatic carbocycles. The molecule has 0 aliphatic rings. The number of nitrogens with one attached hydrogen (secondary N) is 1. The first-order valence-electron chi connectivity index (χ1n) is 10.3. The van der Waals surface area contributed by atoms with Crippen molar-refractivity contribution in [3.63, 3.8) is 0 Å². The van der Waals surface area contributed by atoms with Gasteiger partial charge in [0.2, 0.25) is 0 Å². The van der Waals surface area contributed by atoms with Crippen LogP contribution in [0.3, 0.4) is 0 Å². The lowest BCUT2D eigenvalue weighted by molar-refractivity contribution is 0.0947. The first-order chi connectivity index (χ1) is 15.2. The van der Waals surface area contributed by atoms with Crippen molar-refractivity contribution in [3.05, 3.63) is 89.0 Å². The zero-order valence-corrected chi connectivity index (χ0v) is 19.6. The number of benzene rings is 3. The molecule has 3 rings (SSSR count). The highest BCUT2D eigenvalue weighted by Crippen LogP contribution is 2.26. The molecule has 32 heavy (non-hydrogen) atoms. The van der Waals surface area contributed by atoms with Gasteiger partial charge < -0.3 is 10.1 Å². The molecule has 0 saturated heterocycles. The highest BCUT2D eigenvalue weighted by Gasteiger charge is 2.24. The first-order valence-corrected chi connectivity index (χ1v) is 11.8. The van der Waals surface area contributed by atoms with Crippen LogP contribution in [0.5, 0.6) is 5.75 Å². The Hall–Kier alpha value is -3.32. The van der Waals surface area contributed by atoms with Crippen LogP contribution < -0.4 is 14.4 Å². The molecule has 168 valence electrons. The largest absolute Gasteiger partial charge is 0.491 e. The van der Waals surface area contributed by atoms with Crippen molar-refractivity contribution in [2.45, 2.75) is 25.7 Å². The van der Waals surface area contributed by atoms with Crippen LogP contribution in [0.25, 0.3) is 0 Å². The van der Waals surface area contributed by atoms with Crippen molar-refractivity contribution in [1.82, 2.24) is 5.32 Å². The number of amides is 1. The van der Waals surface area contributed by atoms with Gasteiger partial charge in [-0.15, -0.1) is 0 Å². The second kappa shape index (κ2) is 9.87. The monoisotopic (exact) mass is 452 g/mol. The van der Waals surface area contributed by atoms with Gasteiger partial charge in [-0.2, -0.15) is 0 Å². The second-order valence-corrected chi connectivity index (χ2v) is 9.65. The Kier molecular flexibility index (Phi) is 7.20. The van der Waals surface area contributed by atoms with Gasteiger partial charge in [-0.1, -0.05) is 42.0 Å². The summed E-state index contributed by atoms with van der Waals surface area (Å²) in [5, 5.41) is 2.81. The van der Waals surface area contributed by atoms with E-state index >= 15 is 0 Å². The predicted molar refractivity (Wildman–Crippen MR) is 127 cm³/mol. The average Bonchev–Trinajstić information content (AvgIpc) is 2.78. The summed E-state index contributed by atoms with van der Waals surface area (Å²) in [6.07, 6.45) is 0. The lowest BCUT2D eigenvalue weighted by Gasteiger charge is -2.22. The highest BCUT2D eigenvalue weighted by atomic mass is 32.2. The molecular formula is C25H28N2O4S. The van der Waals surface area contributed by atoms with Crippen LogP contribution in [0, 0.1) is 20.8 Å². The van der Waals surface area contributed by atoms with Crippen LogP contribution in [-0.4, -0.2) is 34.5 Å². The fourth-order valence-electron chi connectivity index (χ4n) is 3.22. The van der Waals surface area contributed by atoms with Crippen molar-refractivity contribution < 1.29 is 17.9 Å². The fourth-order valence-corrected chi connectivity index (χ4v) is 4.44. The number of hydrogen-bond acceptors (Lipinski definition) is 4. The number of para-hydroxylation sites is 1. The number of carbonyl (C=O) groups is 1. The van der Waals surface area contributed by atoms with Crippen molar-refractivity contribution in [3.8, 4) is 5.75 Å². The summed E-state index contributed by atoms with van der Waals surface area (Å²) in [5.41, 5.74) is 3.67. The quantitative estimate of drug-likeness (QED) is 0.519. The Labute approximate surface area is 189 Å². The minimum atomic E-state index is -3.81. The molecule has 1 amide bonds. The van der Waals surface area contributed by atoms with Crippen LogP contribution >= 0.6 is 0 Å². The van der Waals surface area contributed by atoms with E-state index in [-0.39, 0.29) is 22.9 Å². The molecule has 0 saturated carbocycles. The summed E-state index contributed by atoms with van der Waals surface area (Å²) in [7, 11) is -2.36. The van der Waals surface area contributed by atoms with Crippen molar-refractivity contribution in [2.75, 3.05) is 24.5 Å². The number of ether oxygens (including phenoxy) is 1. The van der Waals surface area contributed by atoms with Crippen molar-refractivity contribution >= 4 is 21.6 Å². The molecule has 0 spiro atoms. The number of anilines is 1. The molecule has 0 aliphatic carbocycles. The molecule has 3 aromatic rings. The Morgan fingerprint density at radius 2 is 1.59 bits per heavy atom. The molecule has 0 unspecified atom stereocenters. The van der Waals surface area contributed by atoms with Gasteiger partial charge in [-0.05, 0) is 62.2 Å². The van der Waals surface area contributed by atoms with Gasteiger partial charge in [0.05, 0.1) is 22.7 Å². The molecule has 0 aromatic heterocycles. The maximum absolute atomic E-state index is 13.1. The molecule has 0 heterocycles.